The quantitative estimate of drug-likeness (QED) is 0.624. The highest BCUT2D eigenvalue weighted by Gasteiger charge is 2.68. The van der Waals surface area contributed by atoms with E-state index in [4.69, 9.17) is 9.47 Å². The number of rotatable bonds is 7. The lowest BCUT2D eigenvalue weighted by molar-refractivity contribution is -0.208. The van der Waals surface area contributed by atoms with Gasteiger partial charge in [-0.05, 0) is 43.9 Å². The van der Waals surface area contributed by atoms with Gasteiger partial charge in [0.2, 0.25) is 0 Å². The van der Waals surface area contributed by atoms with Gasteiger partial charge in [-0.1, -0.05) is 54.9 Å². The molecule has 2 aliphatic rings. The molecular weight excluding hydrogens is 368 g/mol. The molecule has 0 radical (unpaired) electrons. The zero-order chi connectivity index (χ0) is 22.4. The van der Waals surface area contributed by atoms with E-state index in [1.807, 2.05) is 0 Å². The first-order valence-electron chi connectivity index (χ1n) is 11.4. The molecule has 8 unspecified atom stereocenters. The summed E-state index contributed by atoms with van der Waals surface area (Å²) in [4.78, 5) is 25.8. The molecule has 1 N–H and O–H groups in total. The average Bonchev–Trinajstić information content (AvgIpc) is 2.84. The highest BCUT2D eigenvalue weighted by Crippen LogP contribution is 2.64. The molecule has 168 valence electrons. The zero-order valence-corrected chi connectivity index (χ0v) is 19.9. The van der Waals surface area contributed by atoms with Crippen LogP contribution >= 0.6 is 0 Å². The maximum atomic E-state index is 13.8. The summed E-state index contributed by atoms with van der Waals surface area (Å²) in [6.07, 6.45) is 0.943. The Morgan fingerprint density at radius 3 is 2.34 bits per heavy atom. The van der Waals surface area contributed by atoms with Crippen molar-refractivity contribution in [2.45, 2.75) is 112 Å². The van der Waals surface area contributed by atoms with Crippen LogP contribution in [0.25, 0.3) is 0 Å². The van der Waals surface area contributed by atoms with E-state index in [0.717, 1.165) is 12.8 Å². The Morgan fingerprint density at radius 2 is 1.90 bits per heavy atom. The minimum atomic E-state index is -1.25. The third-order valence-corrected chi connectivity index (χ3v) is 8.47. The summed E-state index contributed by atoms with van der Waals surface area (Å²) in [5.41, 5.74) is -1.87. The molecule has 1 aliphatic carbocycles. The van der Waals surface area contributed by atoms with Crippen LogP contribution in [0.5, 0.6) is 0 Å². The Bertz CT molecular complexity index is 623. The van der Waals surface area contributed by atoms with Crippen LogP contribution in [-0.4, -0.2) is 40.8 Å². The summed E-state index contributed by atoms with van der Waals surface area (Å²) in [5, 5.41) is 10.7. The van der Waals surface area contributed by atoms with Crippen molar-refractivity contribution in [1.82, 2.24) is 0 Å². The second-order valence-electron chi connectivity index (χ2n) is 10.4. The SMILES string of the molecule is CCC(=O)OC(C1CC(C)C2C(O1)C(=O)C(C)(C(C)CC)C2(C)CC)C(C)(C)O. The third kappa shape index (κ3) is 3.78. The highest BCUT2D eigenvalue weighted by molar-refractivity contribution is 5.93. The van der Waals surface area contributed by atoms with E-state index >= 15 is 0 Å². The van der Waals surface area contributed by atoms with E-state index in [1.54, 1.807) is 20.8 Å². The lowest BCUT2D eigenvalue weighted by Crippen LogP contribution is -2.55. The maximum Gasteiger partial charge on any atom is 0.305 e. The van der Waals surface area contributed by atoms with Crippen LogP contribution in [-0.2, 0) is 19.1 Å². The Kier molecular flexibility index (Phi) is 6.96. The summed E-state index contributed by atoms with van der Waals surface area (Å²) >= 11 is 0. The van der Waals surface area contributed by atoms with Gasteiger partial charge in [0.25, 0.3) is 0 Å². The van der Waals surface area contributed by atoms with Crippen molar-refractivity contribution in [2.75, 3.05) is 0 Å². The predicted octanol–water partition coefficient (Wildman–Crippen LogP) is 4.54. The van der Waals surface area contributed by atoms with Crippen LogP contribution in [0.4, 0.5) is 0 Å². The van der Waals surface area contributed by atoms with Crippen molar-refractivity contribution in [3.05, 3.63) is 0 Å². The van der Waals surface area contributed by atoms with Crippen molar-refractivity contribution >= 4 is 11.8 Å². The maximum absolute atomic E-state index is 13.8. The van der Waals surface area contributed by atoms with E-state index < -0.39 is 29.3 Å². The van der Waals surface area contributed by atoms with Gasteiger partial charge in [-0.2, -0.15) is 0 Å². The van der Waals surface area contributed by atoms with Gasteiger partial charge in [-0.25, -0.2) is 0 Å². The van der Waals surface area contributed by atoms with Crippen molar-refractivity contribution in [3.8, 4) is 0 Å². The Balaban J connectivity index is 2.45. The molecule has 0 amide bonds. The summed E-state index contributed by atoms with van der Waals surface area (Å²) < 4.78 is 12.0. The van der Waals surface area contributed by atoms with Gasteiger partial charge >= 0.3 is 5.97 Å². The van der Waals surface area contributed by atoms with E-state index in [-0.39, 0.29) is 41.3 Å². The number of esters is 1. The lowest BCUT2D eigenvalue weighted by Gasteiger charge is -2.49. The van der Waals surface area contributed by atoms with Crippen LogP contribution < -0.4 is 0 Å². The molecule has 0 aromatic rings. The van der Waals surface area contributed by atoms with Gasteiger partial charge in [0, 0.05) is 17.8 Å². The fourth-order valence-corrected chi connectivity index (χ4v) is 6.16. The van der Waals surface area contributed by atoms with Crippen molar-refractivity contribution in [2.24, 2.45) is 28.6 Å². The van der Waals surface area contributed by atoms with Gasteiger partial charge in [-0.15, -0.1) is 0 Å². The van der Waals surface area contributed by atoms with E-state index in [9.17, 15) is 14.7 Å². The van der Waals surface area contributed by atoms with Crippen LogP contribution in [0.2, 0.25) is 0 Å². The highest BCUT2D eigenvalue weighted by atomic mass is 16.6. The number of carbonyl (C=O) groups is 2. The van der Waals surface area contributed by atoms with Gasteiger partial charge in [0.1, 0.15) is 6.10 Å². The number of aliphatic hydroxyl groups is 1. The molecule has 1 heterocycles. The van der Waals surface area contributed by atoms with Gasteiger partial charge in [0.05, 0.1) is 11.7 Å². The molecule has 0 spiro atoms. The third-order valence-electron chi connectivity index (χ3n) is 8.47. The number of Topliss-reactive ketones (excluding diaryl/α,β-unsaturated/α-hetero) is 1. The second-order valence-corrected chi connectivity index (χ2v) is 10.4. The number of ketones is 1. The second kappa shape index (κ2) is 8.30. The first-order valence-corrected chi connectivity index (χ1v) is 11.4. The lowest BCUT2D eigenvalue weighted by atomic mass is 9.55. The number of ether oxygens (including phenoxy) is 2. The summed E-state index contributed by atoms with van der Waals surface area (Å²) in [6, 6.07) is 0. The fraction of sp³-hybridized carbons (Fsp3) is 0.917. The topological polar surface area (TPSA) is 72.8 Å². The minimum absolute atomic E-state index is 0.125. The van der Waals surface area contributed by atoms with Gasteiger partial charge in [0.15, 0.2) is 11.9 Å². The summed E-state index contributed by atoms with van der Waals surface area (Å²) in [7, 11) is 0. The summed E-state index contributed by atoms with van der Waals surface area (Å²) in [5.74, 6) is 0.413. The number of fused-ring (bicyclic) bond motifs is 1. The fourth-order valence-electron chi connectivity index (χ4n) is 6.16. The predicted molar refractivity (Wildman–Crippen MR) is 113 cm³/mol. The molecule has 5 nitrogen and oxygen atoms in total. The molecule has 0 bridgehead atoms. The van der Waals surface area contributed by atoms with Crippen LogP contribution in [0.3, 0.4) is 0 Å². The smallest absolute Gasteiger partial charge is 0.305 e. The normalized spacial score (nSPS) is 39.7. The Morgan fingerprint density at radius 1 is 1.31 bits per heavy atom. The molecule has 29 heavy (non-hydrogen) atoms. The molecule has 1 aliphatic heterocycles. The number of carbonyl (C=O) groups excluding carboxylic acids is 2. The Labute approximate surface area is 176 Å². The van der Waals surface area contributed by atoms with Gasteiger partial charge in [-0.3, -0.25) is 9.59 Å². The number of hydrogen-bond acceptors (Lipinski definition) is 5. The van der Waals surface area contributed by atoms with E-state index in [0.29, 0.717) is 6.42 Å². The van der Waals surface area contributed by atoms with Crippen LogP contribution in [0.15, 0.2) is 0 Å². The minimum Gasteiger partial charge on any atom is -0.457 e. The van der Waals surface area contributed by atoms with Crippen LogP contribution in [0, 0.1) is 28.6 Å². The van der Waals surface area contributed by atoms with Crippen LogP contribution in [0.1, 0.15) is 88.0 Å². The first kappa shape index (κ1) is 24.3. The molecule has 5 heteroatoms. The largest absolute Gasteiger partial charge is 0.457 e. The molecule has 8 atom stereocenters. The Hall–Kier alpha value is -0.940. The van der Waals surface area contributed by atoms with Gasteiger partial charge < -0.3 is 14.6 Å². The number of hydrogen-bond donors (Lipinski definition) is 1. The molecule has 0 aromatic heterocycles. The summed E-state index contributed by atoms with van der Waals surface area (Å²) in [6.45, 7) is 18.1. The molecule has 1 saturated heterocycles. The van der Waals surface area contributed by atoms with Crippen molar-refractivity contribution < 1.29 is 24.2 Å². The zero-order valence-electron chi connectivity index (χ0n) is 19.9. The average molecular weight is 411 g/mol. The standard InChI is InChI=1S/C24H42O5/c1-10-15(5)24(9)20(26)19-18(23(24,8)12-3)14(4)13-16(28-19)21(22(6,7)27)29-17(25)11-2/h14-16,18-19,21,27H,10-13H2,1-9H3. The molecule has 1 saturated carbocycles. The first-order chi connectivity index (χ1) is 13.3. The monoisotopic (exact) mass is 410 g/mol. The molecule has 2 fully saturated rings. The van der Waals surface area contributed by atoms with Crippen molar-refractivity contribution in [1.29, 1.82) is 0 Å². The van der Waals surface area contributed by atoms with E-state index in [1.165, 1.54) is 0 Å². The van der Waals surface area contributed by atoms with Crippen molar-refractivity contribution in [3.63, 3.8) is 0 Å². The molecule has 0 aromatic carbocycles. The molecular formula is C24H42O5. The van der Waals surface area contributed by atoms with E-state index in [2.05, 4.69) is 41.5 Å². The molecule has 2 rings (SSSR count).